The third-order valence-electron chi connectivity index (χ3n) is 6.53. The summed E-state index contributed by atoms with van der Waals surface area (Å²) in [6.07, 6.45) is -5.08. The van der Waals surface area contributed by atoms with Crippen molar-refractivity contribution < 1.29 is 36.3 Å². The van der Waals surface area contributed by atoms with Gasteiger partial charge in [-0.25, -0.2) is 13.2 Å². The number of halogens is 3. The highest BCUT2D eigenvalue weighted by atomic mass is 32.2. The number of aliphatic carboxylic acids is 1. The number of amides is 1. The van der Waals surface area contributed by atoms with E-state index in [-0.39, 0.29) is 10.8 Å². The molecule has 10 nitrogen and oxygen atoms in total. The summed E-state index contributed by atoms with van der Waals surface area (Å²) < 4.78 is 61.2. The summed E-state index contributed by atoms with van der Waals surface area (Å²) in [5, 5.41) is 10.4. The van der Waals surface area contributed by atoms with Crippen molar-refractivity contribution in [2.45, 2.75) is 37.8 Å². The van der Waals surface area contributed by atoms with Crippen LogP contribution in [0.25, 0.3) is 0 Å². The largest absolute Gasteiger partial charge is 0.490 e. The first-order valence-corrected chi connectivity index (χ1v) is 15.0. The first kappa shape index (κ1) is 34.8. The molecule has 3 N–H and O–H groups in total. The Hall–Kier alpha value is -3.36. The third kappa shape index (κ3) is 10.2. The normalized spacial score (nSPS) is 13.9. The van der Waals surface area contributed by atoms with Crippen molar-refractivity contribution in [3.05, 3.63) is 53.6 Å². The average Bonchev–Trinajstić information content (AvgIpc) is 2.93. The molecule has 0 aliphatic carbocycles. The summed E-state index contributed by atoms with van der Waals surface area (Å²) in [7, 11) is 0.116. The van der Waals surface area contributed by atoms with Crippen molar-refractivity contribution in [2.75, 3.05) is 69.5 Å². The van der Waals surface area contributed by atoms with E-state index in [1.165, 1.54) is 0 Å². The highest BCUT2D eigenvalue weighted by molar-refractivity contribution is 7.92. The number of nitrogens with one attached hydrogen (secondary N) is 2. The smallest absolute Gasteiger partial charge is 0.475 e. The number of alkyl halides is 3. The lowest BCUT2D eigenvalue weighted by atomic mass is 10.0. The Morgan fingerprint density at radius 3 is 2.10 bits per heavy atom. The van der Waals surface area contributed by atoms with E-state index in [9.17, 15) is 26.4 Å². The zero-order valence-corrected chi connectivity index (χ0v) is 25.3. The van der Waals surface area contributed by atoms with E-state index in [4.69, 9.17) is 9.90 Å². The first-order valence-electron chi connectivity index (χ1n) is 13.5. The Balaban J connectivity index is 0.000000782. The fourth-order valence-electron chi connectivity index (χ4n) is 4.07. The van der Waals surface area contributed by atoms with Crippen molar-refractivity contribution in [1.82, 2.24) is 15.1 Å². The number of hydrogen-bond acceptors (Lipinski definition) is 7. The van der Waals surface area contributed by atoms with Gasteiger partial charge in [0.05, 0.1) is 16.3 Å². The Labute approximate surface area is 245 Å². The Morgan fingerprint density at radius 1 is 1.05 bits per heavy atom. The topological polar surface area (TPSA) is 122 Å². The van der Waals surface area contributed by atoms with Gasteiger partial charge in [0, 0.05) is 51.4 Å². The molecule has 0 radical (unpaired) electrons. The van der Waals surface area contributed by atoms with Gasteiger partial charge in [0.2, 0.25) is 0 Å². The van der Waals surface area contributed by atoms with E-state index in [0.717, 1.165) is 44.0 Å². The average molecular weight is 616 g/mol. The zero-order valence-electron chi connectivity index (χ0n) is 24.5. The van der Waals surface area contributed by atoms with Crippen LogP contribution >= 0.6 is 0 Å². The molecule has 0 bridgehead atoms. The van der Waals surface area contributed by atoms with E-state index in [1.54, 1.807) is 29.2 Å². The van der Waals surface area contributed by atoms with Gasteiger partial charge >= 0.3 is 12.1 Å². The monoisotopic (exact) mass is 615 g/mol. The number of anilines is 2. The number of likely N-dealkylation sites (N-methyl/N-ethyl adjacent to an activating group) is 2. The Bertz CT molecular complexity index is 1300. The maximum Gasteiger partial charge on any atom is 0.490 e. The first-order chi connectivity index (χ1) is 19.6. The van der Waals surface area contributed by atoms with Crippen LogP contribution in [0.4, 0.5) is 24.5 Å². The van der Waals surface area contributed by atoms with Gasteiger partial charge < -0.3 is 25.1 Å². The van der Waals surface area contributed by atoms with Crippen molar-refractivity contribution in [2.24, 2.45) is 0 Å². The molecule has 0 unspecified atom stereocenters. The van der Waals surface area contributed by atoms with Crippen LogP contribution in [-0.2, 0) is 14.8 Å². The van der Waals surface area contributed by atoms with Gasteiger partial charge in [0.15, 0.2) is 0 Å². The molecule has 234 valence electrons. The minimum absolute atomic E-state index is 0.108. The van der Waals surface area contributed by atoms with Crippen molar-refractivity contribution in [3.63, 3.8) is 0 Å². The van der Waals surface area contributed by atoms with Gasteiger partial charge in [-0.2, -0.15) is 13.2 Å². The summed E-state index contributed by atoms with van der Waals surface area (Å²) in [5.74, 6) is -2.55. The van der Waals surface area contributed by atoms with E-state index >= 15 is 0 Å². The Morgan fingerprint density at radius 2 is 1.62 bits per heavy atom. The lowest BCUT2D eigenvalue weighted by Gasteiger charge is -2.31. The number of benzene rings is 2. The SMILES string of the molecule is CCN(CCN(C)C)C(=O)c1ccc(N2CCNCC2)c(NS(=O)(=O)c2ccc(C(C)C)cc2)c1.O=C(O)C(F)(F)F. The minimum atomic E-state index is -5.08. The molecule has 3 rings (SSSR count). The highest BCUT2D eigenvalue weighted by Gasteiger charge is 2.38. The number of piperazine rings is 1. The predicted molar refractivity (Wildman–Crippen MR) is 157 cm³/mol. The molecule has 1 fully saturated rings. The predicted octanol–water partition coefficient (Wildman–Crippen LogP) is 3.68. The highest BCUT2D eigenvalue weighted by Crippen LogP contribution is 2.31. The van der Waals surface area contributed by atoms with E-state index in [0.29, 0.717) is 30.3 Å². The summed E-state index contributed by atoms with van der Waals surface area (Å²) in [6, 6.07) is 12.3. The number of carboxylic acid groups (broad SMARTS) is 1. The number of hydrogen-bond donors (Lipinski definition) is 3. The third-order valence-corrected chi connectivity index (χ3v) is 7.91. The van der Waals surface area contributed by atoms with Gasteiger partial charge in [0.1, 0.15) is 0 Å². The molecule has 0 atom stereocenters. The van der Waals surface area contributed by atoms with E-state index < -0.39 is 22.2 Å². The maximum absolute atomic E-state index is 13.3. The van der Waals surface area contributed by atoms with Crippen LogP contribution in [0.2, 0.25) is 0 Å². The molecular formula is C28H40F3N5O5S. The van der Waals surface area contributed by atoms with E-state index in [2.05, 4.69) is 28.8 Å². The van der Waals surface area contributed by atoms with Crippen LogP contribution < -0.4 is 14.9 Å². The van der Waals surface area contributed by atoms with Gasteiger partial charge in [-0.3, -0.25) is 9.52 Å². The Kier molecular flexibility index (Phi) is 12.6. The zero-order chi connectivity index (χ0) is 31.7. The number of carboxylic acids is 1. The van der Waals surface area contributed by atoms with Gasteiger partial charge in [0.25, 0.3) is 15.9 Å². The minimum Gasteiger partial charge on any atom is -0.475 e. The van der Waals surface area contributed by atoms with Gasteiger partial charge in [-0.15, -0.1) is 0 Å². The summed E-state index contributed by atoms with van der Waals surface area (Å²) >= 11 is 0. The molecule has 1 aliphatic rings. The number of carbonyl (C=O) groups excluding carboxylic acids is 1. The lowest BCUT2D eigenvalue weighted by molar-refractivity contribution is -0.192. The fourth-order valence-corrected chi connectivity index (χ4v) is 5.14. The second-order valence-electron chi connectivity index (χ2n) is 10.3. The molecule has 1 saturated heterocycles. The summed E-state index contributed by atoms with van der Waals surface area (Å²) in [4.78, 5) is 28.3. The summed E-state index contributed by atoms with van der Waals surface area (Å²) in [5.41, 5.74) is 2.75. The molecule has 2 aromatic carbocycles. The molecule has 1 heterocycles. The van der Waals surface area contributed by atoms with Crippen molar-refractivity contribution in [3.8, 4) is 0 Å². The van der Waals surface area contributed by atoms with Crippen molar-refractivity contribution in [1.29, 1.82) is 0 Å². The van der Waals surface area contributed by atoms with Gasteiger partial charge in [-0.1, -0.05) is 26.0 Å². The van der Waals surface area contributed by atoms with Crippen LogP contribution in [-0.4, -0.2) is 101 Å². The number of nitrogens with zero attached hydrogens (tertiary/aromatic N) is 3. The van der Waals surface area contributed by atoms with Gasteiger partial charge in [-0.05, 0) is 62.8 Å². The number of sulfonamides is 1. The van der Waals surface area contributed by atoms with Crippen LogP contribution in [0.3, 0.4) is 0 Å². The lowest BCUT2D eigenvalue weighted by Crippen LogP contribution is -2.44. The molecule has 0 saturated carbocycles. The number of rotatable bonds is 10. The molecule has 42 heavy (non-hydrogen) atoms. The van der Waals surface area contributed by atoms with Crippen molar-refractivity contribution >= 4 is 33.3 Å². The maximum atomic E-state index is 13.3. The van der Waals surface area contributed by atoms with E-state index in [1.807, 2.05) is 44.1 Å². The molecular weight excluding hydrogens is 575 g/mol. The molecule has 1 amide bonds. The molecule has 1 aliphatic heterocycles. The number of carbonyl (C=O) groups is 2. The molecule has 2 aromatic rings. The van der Waals surface area contributed by atoms with Crippen LogP contribution in [0.5, 0.6) is 0 Å². The summed E-state index contributed by atoms with van der Waals surface area (Å²) in [6.45, 7) is 11.2. The molecule has 14 heteroatoms. The molecule has 0 aromatic heterocycles. The molecule has 0 spiro atoms. The second-order valence-corrected chi connectivity index (χ2v) is 12.0. The van der Waals surface area contributed by atoms with Crippen LogP contribution in [0, 0.1) is 0 Å². The van der Waals surface area contributed by atoms with Crippen LogP contribution in [0.15, 0.2) is 47.4 Å². The quantitative estimate of drug-likeness (QED) is 0.370. The standard InChI is InChI=1S/C26H39N5O3S.C2HF3O2/c1-6-30(18-17-29(4)5)26(32)22-9-12-25(31-15-13-27-14-16-31)24(19-22)28-35(33,34)23-10-7-21(8-11-23)20(2)3;3-2(4,5)1(6)7/h7-12,19-20,27-28H,6,13-18H2,1-5H3;(H,6,7). The second kappa shape index (κ2) is 15.2. The van der Waals surface area contributed by atoms with Crippen LogP contribution in [0.1, 0.15) is 42.6 Å². The fraction of sp³-hybridized carbons (Fsp3) is 0.500.